The van der Waals surface area contributed by atoms with Crippen molar-refractivity contribution in [2.24, 2.45) is 0 Å². The lowest BCUT2D eigenvalue weighted by molar-refractivity contribution is -0.116. The summed E-state index contributed by atoms with van der Waals surface area (Å²) in [6.45, 7) is 0. The van der Waals surface area contributed by atoms with E-state index in [0.29, 0.717) is 27.5 Å². The number of benzene rings is 5. The molecule has 5 rings (SSSR count). The van der Waals surface area contributed by atoms with Crippen LogP contribution in [0.15, 0.2) is 144 Å². The Kier molecular flexibility index (Phi) is 10.4. The SMILES string of the molecule is O=C(Nc1ccc(SC(C(=O)Nc2cccc(Cl)c2)c2ccccc2)cc1)/C(=C/c1ccc(F)cc1)NC(=O)c1ccccc1. The Labute approximate surface area is 269 Å². The molecule has 0 aromatic heterocycles. The first-order chi connectivity index (χ1) is 21.8. The van der Waals surface area contributed by atoms with Crippen LogP contribution in [0.4, 0.5) is 15.8 Å². The van der Waals surface area contributed by atoms with Crippen molar-refractivity contribution in [1.29, 1.82) is 0 Å². The van der Waals surface area contributed by atoms with Gasteiger partial charge in [-0.05, 0) is 83.9 Å². The zero-order valence-electron chi connectivity index (χ0n) is 23.7. The minimum absolute atomic E-state index is 0.0178. The maximum atomic E-state index is 13.5. The molecule has 0 fully saturated rings. The second kappa shape index (κ2) is 15.0. The van der Waals surface area contributed by atoms with Crippen molar-refractivity contribution in [3.8, 4) is 0 Å². The zero-order chi connectivity index (χ0) is 31.6. The highest BCUT2D eigenvalue weighted by Crippen LogP contribution is 2.37. The number of carbonyl (C=O) groups is 3. The van der Waals surface area contributed by atoms with Gasteiger partial charge in [-0.25, -0.2) is 4.39 Å². The van der Waals surface area contributed by atoms with E-state index in [2.05, 4.69) is 16.0 Å². The van der Waals surface area contributed by atoms with Crippen LogP contribution in [0, 0.1) is 5.82 Å². The summed E-state index contributed by atoms with van der Waals surface area (Å²) in [7, 11) is 0. The molecule has 9 heteroatoms. The van der Waals surface area contributed by atoms with Crippen molar-refractivity contribution in [2.45, 2.75) is 10.1 Å². The van der Waals surface area contributed by atoms with Gasteiger partial charge in [0.1, 0.15) is 16.8 Å². The fraction of sp³-hybridized carbons (Fsp3) is 0.0278. The van der Waals surface area contributed by atoms with E-state index >= 15 is 0 Å². The molecule has 3 amide bonds. The molecule has 0 aliphatic heterocycles. The number of anilines is 2. The Morgan fingerprint density at radius 2 is 1.38 bits per heavy atom. The van der Waals surface area contributed by atoms with Crippen molar-refractivity contribution >= 4 is 58.5 Å². The van der Waals surface area contributed by atoms with Gasteiger partial charge in [-0.3, -0.25) is 14.4 Å². The fourth-order valence-corrected chi connectivity index (χ4v) is 5.51. The third-order valence-electron chi connectivity index (χ3n) is 6.51. The van der Waals surface area contributed by atoms with E-state index in [1.54, 1.807) is 78.9 Å². The van der Waals surface area contributed by atoms with Gasteiger partial charge in [-0.1, -0.05) is 78.3 Å². The molecule has 5 aromatic rings. The summed E-state index contributed by atoms with van der Waals surface area (Å²) in [5, 5.41) is 8.37. The lowest BCUT2D eigenvalue weighted by Crippen LogP contribution is -2.30. The monoisotopic (exact) mass is 635 g/mol. The average Bonchev–Trinajstić information content (AvgIpc) is 3.05. The van der Waals surface area contributed by atoms with Gasteiger partial charge >= 0.3 is 0 Å². The standard InChI is InChI=1S/C36H27ClFN3O3S/c37-27-12-7-13-30(23-27)40-36(44)33(25-8-3-1-4-9-25)45-31-20-18-29(19-21-31)39-35(43)32(22-24-14-16-28(38)17-15-24)41-34(42)26-10-5-2-6-11-26/h1-23,33H,(H,39,43)(H,40,44)(H,41,42)/b32-22-. The third kappa shape index (κ3) is 8.92. The number of hydrogen-bond acceptors (Lipinski definition) is 4. The number of thioether (sulfide) groups is 1. The highest BCUT2D eigenvalue weighted by atomic mass is 35.5. The van der Waals surface area contributed by atoms with Crippen LogP contribution in [0.3, 0.4) is 0 Å². The van der Waals surface area contributed by atoms with Crippen LogP contribution >= 0.6 is 23.4 Å². The first-order valence-corrected chi connectivity index (χ1v) is 15.1. The molecule has 0 radical (unpaired) electrons. The molecule has 0 aliphatic carbocycles. The second-order valence-corrected chi connectivity index (χ2v) is 11.4. The Hall–Kier alpha value is -5.18. The van der Waals surface area contributed by atoms with Gasteiger partial charge < -0.3 is 16.0 Å². The molecule has 5 aromatic carbocycles. The maximum Gasteiger partial charge on any atom is 0.272 e. The van der Waals surface area contributed by atoms with Crippen molar-refractivity contribution in [3.05, 3.63) is 167 Å². The minimum atomic E-state index is -0.566. The van der Waals surface area contributed by atoms with E-state index < -0.39 is 22.9 Å². The zero-order valence-corrected chi connectivity index (χ0v) is 25.3. The number of carbonyl (C=O) groups excluding carboxylic acids is 3. The van der Waals surface area contributed by atoms with Gasteiger partial charge in [-0.2, -0.15) is 0 Å². The van der Waals surface area contributed by atoms with Crippen molar-refractivity contribution < 1.29 is 18.8 Å². The molecule has 0 heterocycles. The topological polar surface area (TPSA) is 87.3 Å². The van der Waals surface area contributed by atoms with Crippen molar-refractivity contribution in [2.75, 3.05) is 10.6 Å². The number of nitrogens with one attached hydrogen (secondary N) is 3. The summed E-state index contributed by atoms with van der Waals surface area (Å²) >= 11 is 7.46. The molecule has 1 unspecified atom stereocenters. The normalized spacial score (nSPS) is 11.7. The van der Waals surface area contributed by atoms with E-state index in [4.69, 9.17) is 11.6 Å². The van der Waals surface area contributed by atoms with Crippen molar-refractivity contribution in [1.82, 2.24) is 5.32 Å². The van der Waals surface area contributed by atoms with Crippen LogP contribution in [-0.2, 0) is 9.59 Å². The Bertz CT molecular complexity index is 1820. The summed E-state index contributed by atoms with van der Waals surface area (Å²) in [4.78, 5) is 40.4. The summed E-state index contributed by atoms with van der Waals surface area (Å²) in [5.74, 6) is -1.66. The predicted octanol–water partition coefficient (Wildman–Crippen LogP) is 8.36. The largest absolute Gasteiger partial charge is 0.325 e. The van der Waals surface area contributed by atoms with E-state index in [1.807, 2.05) is 30.3 Å². The summed E-state index contributed by atoms with van der Waals surface area (Å²) in [5.41, 5.74) is 2.78. The molecule has 0 spiro atoms. The molecule has 0 saturated heterocycles. The lowest BCUT2D eigenvalue weighted by Gasteiger charge is -2.18. The first-order valence-electron chi connectivity index (χ1n) is 13.9. The maximum absolute atomic E-state index is 13.5. The average molecular weight is 636 g/mol. The molecule has 45 heavy (non-hydrogen) atoms. The highest BCUT2D eigenvalue weighted by molar-refractivity contribution is 8.00. The third-order valence-corrected chi connectivity index (χ3v) is 8.01. The molecule has 0 saturated carbocycles. The minimum Gasteiger partial charge on any atom is -0.325 e. The molecule has 6 nitrogen and oxygen atoms in total. The van der Waals surface area contributed by atoms with Crippen LogP contribution in [0.1, 0.15) is 26.7 Å². The number of halogens is 2. The smallest absolute Gasteiger partial charge is 0.272 e. The van der Waals surface area contributed by atoms with E-state index in [0.717, 1.165) is 10.5 Å². The summed E-state index contributed by atoms with van der Waals surface area (Å²) < 4.78 is 13.5. The van der Waals surface area contributed by atoms with Crippen LogP contribution in [0.2, 0.25) is 5.02 Å². The summed E-state index contributed by atoms with van der Waals surface area (Å²) in [6, 6.07) is 37.5. The van der Waals surface area contributed by atoms with Gasteiger partial charge in [0.2, 0.25) is 5.91 Å². The van der Waals surface area contributed by atoms with Gasteiger partial charge in [0.25, 0.3) is 11.8 Å². The Balaban J connectivity index is 1.32. The number of hydrogen-bond donors (Lipinski definition) is 3. The van der Waals surface area contributed by atoms with Crippen LogP contribution in [0.25, 0.3) is 6.08 Å². The molecular weight excluding hydrogens is 609 g/mol. The Morgan fingerprint density at radius 3 is 2.04 bits per heavy atom. The second-order valence-electron chi connectivity index (χ2n) is 9.82. The van der Waals surface area contributed by atoms with E-state index in [1.165, 1.54) is 42.1 Å². The molecule has 3 N–H and O–H groups in total. The molecule has 224 valence electrons. The van der Waals surface area contributed by atoms with Crippen LogP contribution in [-0.4, -0.2) is 17.7 Å². The summed E-state index contributed by atoms with van der Waals surface area (Å²) in [6.07, 6.45) is 1.48. The first kappa shape index (κ1) is 31.3. The van der Waals surface area contributed by atoms with Crippen LogP contribution < -0.4 is 16.0 Å². The van der Waals surface area contributed by atoms with Gasteiger partial charge in [0, 0.05) is 26.9 Å². The quantitative estimate of drug-likeness (QED) is 0.106. The lowest BCUT2D eigenvalue weighted by atomic mass is 10.1. The van der Waals surface area contributed by atoms with Gasteiger partial charge in [0.15, 0.2) is 0 Å². The number of amides is 3. The molecule has 1 atom stereocenters. The molecule has 0 bridgehead atoms. The molecular formula is C36H27ClFN3O3S. The molecule has 0 aliphatic rings. The van der Waals surface area contributed by atoms with E-state index in [-0.39, 0.29) is 11.6 Å². The number of rotatable bonds is 10. The van der Waals surface area contributed by atoms with Crippen molar-refractivity contribution in [3.63, 3.8) is 0 Å². The van der Waals surface area contributed by atoms with E-state index in [9.17, 15) is 18.8 Å². The van der Waals surface area contributed by atoms with Gasteiger partial charge in [0.05, 0.1) is 0 Å². The van der Waals surface area contributed by atoms with Gasteiger partial charge in [-0.15, -0.1) is 11.8 Å². The predicted molar refractivity (Wildman–Crippen MR) is 178 cm³/mol. The highest BCUT2D eigenvalue weighted by Gasteiger charge is 2.23. The Morgan fingerprint density at radius 1 is 0.711 bits per heavy atom. The fourth-order valence-electron chi connectivity index (χ4n) is 4.29. The van der Waals surface area contributed by atoms with Crippen LogP contribution in [0.5, 0.6) is 0 Å².